The molecule has 0 fully saturated rings. The maximum Gasteiger partial charge on any atom is -0.0167 e. The van der Waals surface area contributed by atoms with Gasteiger partial charge in [-0.25, -0.2) is 0 Å². The predicted molar refractivity (Wildman–Crippen MR) is 109 cm³/mol. The summed E-state index contributed by atoms with van der Waals surface area (Å²) in [6, 6.07) is 9.32. The Hall–Kier alpha value is 0.0800. The van der Waals surface area contributed by atoms with Crippen molar-refractivity contribution in [1.82, 2.24) is 0 Å². The van der Waals surface area contributed by atoms with Crippen molar-refractivity contribution in [3.63, 3.8) is 0 Å². The lowest BCUT2D eigenvalue weighted by molar-refractivity contribution is 0.578. The van der Waals surface area contributed by atoms with Crippen LogP contribution in [0.2, 0.25) is 0 Å². The van der Waals surface area contributed by atoms with Crippen molar-refractivity contribution in [2.75, 3.05) is 25.7 Å². The molecule has 1 rings (SSSR count). The molecule has 0 bridgehead atoms. The summed E-state index contributed by atoms with van der Waals surface area (Å²) in [5.74, 6) is 1.69. The summed E-state index contributed by atoms with van der Waals surface area (Å²) in [6.45, 7) is 14.3. The average Bonchev–Trinajstić information content (AvgIpc) is 2.46. The smallest absolute Gasteiger partial charge is 0.0167 e. The highest BCUT2D eigenvalue weighted by Gasteiger charge is 2.14. The summed E-state index contributed by atoms with van der Waals surface area (Å²) >= 11 is 0. The maximum absolute atomic E-state index is 2.49. The lowest BCUT2D eigenvalue weighted by atomic mass is 10.1. The van der Waals surface area contributed by atoms with E-state index in [0.29, 0.717) is 0 Å². The zero-order valence-electron chi connectivity index (χ0n) is 15.6. The van der Waals surface area contributed by atoms with E-state index in [9.17, 15) is 0 Å². The Morgan fingerprint density at radius 2 is 1.09 bits per heavy atom. The van der Waals surface area contributed by atoms with Gasteiger partial charge in [-0.15, -0.1) is 0 Å². The van der Waals surface area contributed by atoms with Gasteiger partial charge in [0.15, 0.2) is 0 Å². The minimum atomic E-state index is 0.0292. The Balaban J connectivity index is 2.63. The summed E-state index contributed by atoms with van der Waals surface area (Å²) in [7, 11) is 0.0584. The molecule has 0 radical (unpaired) electrons. The van der Waals surface area contributed by atoms with Gasteiger partial charge in [0.2, 0.25) is 0 Å². The predicted octanol–water partition coefficient (Wildman–Crippen LogP) is 6.03. The van der Waals surface area contributed by atoms with Gasteiger partial charge >= 0.3 is 0 Å². The Kier molecular flexibility index (Phi) is 9.86. The summed E-state index contributed by atoms with van der Waals surface area (Å²) in [4.78, 5) is 0. The topological polar surface area (TPSA) is 0 Å². The van der Waals surface area contributed by atoms with Gasteiger partial charge in [0.25, 0.3) is 0 Å². The van der Waals surface area contributed by atoms with Crippen LogP contribution >= 0.6 is 15.8 Å². The highest BCUT2D eigenvalue weighted by atomic mass is 31.1. The van der Waals surface area contributed by atoms with Gasteiger partial charge in [0.05, 0.1) is 0 Å². The van der Waals surface area contributed by atoms with Gasteiger partial charge < -0.3 is 0 Å². The monoisotopic (exact) mass is 338 g/mol. The van der Waals surface area contributed by atoms with Crippen LogP contribution in [0.25, 0.3) is 0 Å². The van der Waals surface area contributed by atoms with E-state index in [2.05, 4.69) is 65.3 Å². The van der Waals surface area contributed by atoms with E-state index >= 15 is 0 Å². The third-order valence-electron chi connectivity index (χ3n) is 4.25. The Bertz CT molecular complexity index is 373. The lowest BCUT2D eigenvalue weighted by Gasteiger charge is -2.22. The second kappa shape index (κ2) is 10.8. The highest BCUT2D eigenvalue weighted by molar-refractivity contribution is 7.71. The second-order valence-corrected chi connectivity index (χ2v) is 12.1. The molecule has 0 heterocycles. The van der Waals surface area contributed by atoms with Gasteiger partial charge in [-0.1, -0.05) is 80.6 Å². The van der Waals surface area contributed by atoms with Crippen molar-refractivity contribution >= 4 is 26.5 Å². The van der Waals surface area contributed by atoms with Crippen LogP contribution < -0.4 is 10.6 Å². The van der Waals surface area contributed by atoms with E-state index in [0.717, 1.165) is 11.8 Å². The molecular formula is C20H36P2. The molecule has 0 aliphatic heterocycles. The van der Waals surface area contributed by atoms with E-state index < -0.39 is 0 Å². The Morgan fingerprint density at radius 3 is 1.41 bits per heavy atom. The first-order valence-electron chi connectivity index (χ1n) is 8.93. The maximum atomic E-state index is 2.49. The fraction of sp³-hybridized carbons (Fsp3) is 0.700. The van der Waals surface area contributed by atoms with Crippen molar-refractivity contribution in [2.45, 2.75) is 53.4 Å². The van der Waals surface area contributed by atoms with E-state index in [4.69, 9.17) is 0 Å². The van der Waals surface area contributed by atoms with Crippen LogP contribution in [0.1, 0.15) is 53.4 Å². The molecule has 0 nitrogen and oxygen atoms in total. The molecule has 22 heavy (non-hydrogen) atoms. The van der Waals surface area contributed by atoms with Gasteiger partial charge in [0.1, 0.15) is 0 Å². The van der Waals surface area contributed by atoms with Crippen LogP contribution in [-0.4, -0.2) is 25.7 Å². The van der Waals surface area contributed by atoms with Crippen LogP contribution in [0.3, 0.4) is 0 Å². The molecule has 1 aromatic carbocycles. The van der Waals surface area contributed by atoms with E-state index in [1.807, 2.05) is 0 Å². The molecule has 0 aliphatic rings. The van der Waals surface area contributed by atoms with Crippen molar-refractivity contribution in [3.05, 3.63) is 24.3 Å². The van der Waals surface area contributed by atoms with Crippen molar-refractivity contribution < 1.29 is 0 Å². The minimum absolute atomic E-state index is 0.0292. The first-order valence-corrected chi connectivity index (χ1v) is 12.9. The number of benzene rings is 1. The standard InChI is InChI=1S/C20H36P2/c1-17(2)11-9-15-21(5)19-13-7-8-14-20(19)22(6)16-10-12-18(3)4/h7-8,13-14,17-18H,9-12,15-16H2,1-6H3. The zero-order chi connectivity index (χ0) is 16.5. The molecule has 0 saturated carbocycles. The van der Waals surface area contributed by atoms with Crippen LogP contribution in [0.5, 0.6) is 0 Å². The van der Waals surface area contributed by atoms with Gasteiger partial charge in [-0.05, 0) is 60.9 Å². The molecule has 0 N–H and O–H groups in total. The first-order chi connectivity index (χ1) is 10.4. The molecule has 0 aromatic heterocycles. The van der Waals surface area contributed by atoms with E-state index in [1.54, 1.807) is 10.6 Å². The normalized spacial score (nSPS) is 14.5. The van der Waals surface area contributed by atoms with Crippen LogP contribution in [-0.2, 0) is 0 Å². The summed E-state index contributed by atoms with van der Waals surface area (Å²) in [5.41, 5.74) is 0. The van der Waals surface area contributed by atoms with Crippen LogP contribution in [0.15, 0.2) is 24.3 Å². The molecule has 0 saturated heterocycles. The summed E-state index contributed by atoms with van der Waals surface area (Å²) < 4.78 is 0. The summed E-state index contributed by atoms with van der Waals surface area (Å²) in [5, 5.41) is 3.39. The van der Waals surface area contributed by atoms with Gasteiger partial charge in [-0.2, -0.15) is 0 Å². The van der Waals surface area contributed by atoms with Crippen LogP contribution in [0.4, 0.5) is 0 Å². The average molecular weight is 338 g/mol. The number of hydrogen-bond acceptors (Lipinski definition) is 0. The first kappa shape index (κ1) is 20.1. The molecule has 2 heteroatoms. The molecule has 1 aromatic rings. The zero-order valence-corrected chi connectivity index (χ0v) is 17.4. The Morgan fingerprint density at radius 1 is 0.727 bits per heavy atom. The van der Waals surface area contributed by atoms with E-state index in [-0.39, 0.29) is 15.8 Å². The van der Waals surface area contributed by atoms with Crippen molar-refractivity contribution in [1.29, 1.82) is 0 Å². The molecular weight excluding hydrogens is 302 g/mol. The van der Waals surface area contributed by atoms with Crippen LogP contribution in [0, 0.1) is 11.8 Å². The fourth-order valence-electron chi connectivity index (χ4n) is 2.82. The second-order valence-electron chi connectivity index (χ2n) is 7.40. The quantitative estimate of drug-likeness (QED) is 0.457. The molecule has 2 unspecified atom stereocenters. The number of hydrogen-bond donors (Lipinski definition) is 0. The third-order valence-corrected chi connectivity index (χ3v) is 8.83. The Labute approximate surface area is 142 Å². The molecule has 2 atom stereocenters. The molecule has 0 spiro atoms. The van der Waals surface area contributed by atoms with Gasteiger partial charge in [0, 0.05) is 0 Å². The fourth-order valence-corrected chi connectivity index (χ4v) is 7.26. The van der Waals surface area contributed by atoms with Crippen molar-refractivity contribution in [2.24, 2.45) is 11.8 Å². The lowest BCUT2D eigenvalue weighted by Crippen LogP contribution is -2.22. The van der Waals surface area contributed by atoms with Crippen molar-refractivity contribution in [3.8, 4) is 0 Å². The minimum Gasteiger partial charge on any atom is -0.0778 e. The number of rotatable bonds is 10. The third kappa shape index (κ3) is 7.57. The molecule has 0 amide bonds. The highest BCUT2D eigenvalue weighted by Crippen LogP contribution is 2.37. The molecule has 126 valence electrons. The van der Waals surface area contributed by atoms with E-state index in [1.165, 1.54) is 38.0 Å². The molecule has 0 aliphatic carbocycles. The van der Waals surface area contributed by atoms with Gasteiger partial charge in [-0.3, -0.25) is 0 Å². The SMILES string of the molecule is CC(C)CCCP(C)c1ccccc1P(C)CCCC(C)C. The largest absolute Gasteiger partial charge is 0.0778 e. The summed E-state index contributed by atoms with van der Waals surface area (Å²) in [6.07, 6.45) is 8.35.